The molecule has 2 atom stereocenters. The average molecular weight is 196 g/mol. The molecular weight excluding hydrogens is 176 g/mol. The van der Waals surface area contributed by atoms with E-state index in [4.69, 9.17) is 0 Å². The van der Waals surface area contributed by atoms with E-state index in [9.17, 15) is 4.79 Å². The Bertz CT molecular complexity index is 239. The second-order valence-corrected chi connectivity index (χ2v) is 5.00. The van der Waals surface area contributed by atoms with E-state index in [1.165, 1.54) is 19.3 Å². The molecule has 1 heterocycles. The summed E-state index contributed by atoms with van der Waals surface area (Å²) in [7, 11) is 0. The lowest BCUT2D eigenvalue weighted by Gasteiger charge is -2.24. The minimum Gasteiger partial charge on any atom is -0.354 e. The third kappa shape index (κ3) is 1.78. The van der Waals surface area contributed by atoms with E-state index in [1.54, 1.807) is 0 Å². The molecule has 2 N–H and O–H groups in total. The second-order valence-electron chi connectivity index (χ2n) is 5.00. The van der Waals surface area contributed by atoms with Crippen LogP contribution in [0, 0.1) is 11.8 Å². The standard InChI is InChI=1S/C11H20N2O/c1-8(2)10(14)12-7-11-6-9(11)4-3-5-13-11/h8-9,13H,3-7H2,1-2H3,(H,12,14). The van der Waals surface area contributed by atoms with Crippen molar-refractivity contribution in [1.82, 2.24) is 10.6 Å². The van der Waals surface area contributed by atoms with E-state index < -0.39 is 0 Å². The topological polar surface area (TPSA) is 41.1 Å². The first-order valence-corrected chi connectivity index (χ1v) is 5.67. The largest absolute Gasteiger partial charge is 0.354 e. The number of nitrogens with one attached hydrogen (secondary N) is 2. The number of amides is 1. The first-order valence-electron chi connectivity index (χ1n) is 5.67. The molecule has 0 spiro atoms. The number of carbonyl (C=O) groups is 1. The highest BCUT2D eigenvalue weighted by Crippen LogP contribution is 2.48. The van der Waals surface area contributed by atoms with Crippen LogP contribution in [0.4, 0.5) is 0 Å². The summed E-state index contributed by atoms with van der Waals surface area (Å²) in [5, 5.41) is 6.58. The molecule has 2 aliphatic rings. The zero-order valence-corrected chi connectivity index (χ0v) is 9.10. The Morgan fingerprint density at radius 1 is 1.64 bits per heavy atom. The minimum absolute atomic E-state index is 0.104. The van der Waals surface area contributed by atoms with Crippen molar-refractivity contribution in [2.24, 2.45) is 11.8 Å². The van der Waals surface area contributed by atoms with Gasteiger partial charge in [0.2, 0.25) is 5.91 Å². The molecule has 0 aromatic carbocycles. The van der Waals surface area contributed by atoms with Gasteiger partial charge < -0.3 is 10.6 Å². The number of carbonyl (C=O) groups excluding carboxylic acids is 1. The van der Waals surface area contributed by atoms with Crippen molar-refractivity contribution in [3.63, 3.8) is 0 Å². The average Bonchev–Trinajstić information content (AvgIpc) is 2.88. The number of hydrogen-bond acceptors (Lipinski definition) is 2. The molecule has 1 saturated carbocycles. The van der Waals surface area contributed by atoms with Gasteiger partial charge >= 0.3 is 0 Å². The van der Waals surface area contributed by atoms with Crippen molar-refractivity contribution in [2.75, 3.05) is 13.1 Å². The molecule has 3 heteroatoms. The van der Waals surface area contributed by atoms with Crippen LogP contribution in [-0.4, -0.2) is 24.5 Å². The fourth-order valence-electron chi connectivity index (χ4n) is 2.39. The lowest BCUT2D eigenvalue weighted by molar-refractivity contribution is -0.124. The molecule has 1 aliphatic carbocycles. The molecule has 0 aromatic rings. The van der Waals surface area contributed by atoms with Gasteiger partial charge in [-0.05, 0) is 31.7 Å². The molecular formula is C11H20N2O. The predicted octanol–water partition coefficient (Wildman–Crippen LogP) is 0.901. The highest BCUT2D eigenvalue weighted by molar-refractivity contribution is 5.78. The molecule has 3 nitrogen and oxygen atoms in total. The molecule has 2 rings (SSSR count). The zero-order chi connectivity index (χ0) is 10.2. The molecule has 0 radical (unpaired) electrons. The van der Waals surface area contributed by atoms with Crippen LogP contribution in [-0.2, 0) is 4.79 Å². The van der Waals surface area contributed by atoms with Crippen molar-refractivity contribution in [2.45, 2.75) is 38.6 Å². The van der Waals surface area contributed by atoms with Crippen LogP contribution in [0.3, 0.4) is 0 Å². The molecule has 2 fully saturated rings. The van der Waals surface area contributed by atoms with Gasteiger partial charge in [0.1, 0.15) is 0 Å². The summed E-state index contributed by atoms with van der Waals surface area (Å²) in [4.78, 5) is 11.4. The maximum Gasteiger partial charge on any atom is 0.222 e. The van der Waals surface area contributed by atoms with Gasteiger partial charge in [-0.25, -0.2) is 0 Å². The molecule has 80 valence electrons. The maximum atomic E-state index is 11.4. The first-order chi connectivity index (χ1) is 6.64. The van der Waals surface area contributed by atoms with Crippen molar-refractivity contribution >= 4 is 5.91 Å². The van der Waals surface area contributed by atoms with E-state index in [0.29, 0.717) is 0 Å². The molecule has 0 aromatic heterocycles. The van der Waals surface area contributed by atoms with E-state index in [0.717, 1.165) is 19.0 Å². The normalized spacial score (nSPS) is 35.2. The van der Waals surface area contributed by atoms with Gasteiger partial charge in [-0.15, -0.1) is 0 Å². The van der Waals surface area contributed by atoms with Crippen LogP contribution in [0.2, 0.25) is 0 Å². The number of fused-ring (bicyclic) bond motifs is 1. The summed E-state index contributed by atoms with van der Waals surface area (Å²) >= 11 is 0. The van der Waals surface area contributed by atoms with Gasteiger partial charge in [0.25, 0.3) is 0 Å². The number of piperidine rings is 1. The van der Waals surface area contributed by atoms with E-state index >= 15 is 0 Å². The van der Waals surface area contributed by atoms with E-state index in [1.807, 2.05) is 13.8 Å². The van der Waals surface area contributed by atoms with Gasteiger partial charge in [0.15, 0.2) is 0 Å². The third-order valence-electron chi connectivity index (χ3n) is 3.54. The SMILES string of the molecule is CC(C)C(=O)NCC12CC1CCCN2. The lowest BCUT2D eigenvalue weighted by Crippen LogP contribution is -2.47. The predicted molar refractivity (Wildman–Crippen MR) is 55.9 cm³/mol. The molecule has 1 saturated heterocycles. The quantitative estimate of drug-likeness (QED) is 0.704. The smallest absolute Gasteiger partial charge is 0.222 e. The van der Waals surface area contributed by atoms with Crippen molar-refractivity contribution in [3.05, 3.63) is 0 Å². The van der Waals surface area contributed by atoms with Crippen LogP contribution in [0.25, 0.3) is 0 Å². The fraction of sp³-hybridized carbons (Fsp3) is 0.909. The van der Waals surface area contributed by atoms with E-state index in [2.05, 4.69) is 10.6 Å². The lowest BCUT2D eigenvalue weighted by atomic mass is 10.0. The highest BCUT2D eigenvalue weighted by Gasteiger charge is 2.54. The molecule has 2 unspecified atom stereocenters. The van der Waals surface area contributed by atoms with Crippen molar-refractivity contribution in [1.29, 1.82) is 0 Å². The minimum atomic E-state index is 0.104. The zero-order valence-electron chi connectivity index (χ0n) is 9.10. The van der Waals surface area contributed by atoms with Crippen LogP contribution >= 0.6 is 0 Å². The summed E-state index contributed by atoms with van der Waals surface area (Å²) in [5.74, 6) is 1.10. The molecule has 1 amide bonds. The summed E-state index contributed by atoms with van der Waals surface area (Å²) in [6.45, 7) is 5.82. The highest BCUT2D eigenvalue weighted by atomic mass is 16.1. The fourth-order valence-corrected chi connectivity index (χ4v) is 2.39. The Labute approximate surface area is 85.6 Å². The molecule has 1 aliphatic heterocycles. The Balaban J connectivity index is 1.79. The summed E-state index contributed by atoms with van der Waals surface area (Å²) in [6, 6.07) is 0. The first kappa shape index (κ1) is 9.97. The number of rotatable bonds is 3. The van der Waals surface area contributed by atoms with Crippen LogP contribution < -0.4 is 10.6 Å². The van der Waals surface area contributed by atoms with Gasteiger partial charge in [-0.2, -0.15) is 0 Å². The Hall–Kier alpha value is -0.570. The van der Waals surface area contributed by atoms with Gasteiger partial charge in [-0.3, -0.25) is 4.79 Å². The monoisotopic (exact) mass is 196 g/mol. The maximum absolute atomic E-state index is 11.4. The second kappa shape index (κ2) is 3.54. The van der Waals surface area contributed by atoms with E-state index in [-0.39, 0.29) is 17.4 Å². The summed E-state index contributed by atoms with van der Waals surface area (Å²) in [6.07, 6.45) is 3.89. The van der Waals surface area contributed by atoms with Crippen LogP contribution in [0.5, 0.6) is 0 Å². The Morgan fingerprint density at radius 3 is 3.07 bits per heavy atom. The van der Waals surface area contributed by atoms with Gasteiger partial charge in [0, 0.05) is 18.0 Å². The third-order valence-corrected chi connectivity index (χ3v) is 3.54. The van der Waals surface area contributed by atoms with Gasteiger partial charge in [-0.1, -0.05) is 13.8 Å². The number of hydrogen-bond donors (Lipinski definition) is 2. The summed E-state index contributed by atoms with van der Waals surface area (Å²) in [5.41, 5.74) is 0.281. The van der Waals surface area contributed by atoms with Crippen molar-refractivity contribution in [3.8, 4) is 0 Å². The Morgan fingerprint density at radius 2 is 2.43 bits per heavy atom. The van der Waals surface area contributed by atoms with Crippen LogP contribution in [0.15, 0.2) is 0 Å². The Kier molecular flexibility index (Phi) is 2.52. The van der Waals surface area contributed by atoms with Crippen LogP contribution in [0.1, 0.15) is 33.1 Å². The van der Waals surface area contributed by atoms with Gasteiger partial charge in [0.05, 0.1) is 0 Å². The molecule has 0 bridgehead atoms. The van der Waals surface area contributed by atoms with Crippen molar-refractivity contribution < 1.29 is 4.79 Å². The summed E-state index contributed by atoms with van der Waals surface area (Å²) < 4.78 is 0. The molecule has 14 heavy (non-hydrogen) atoms.